The molecule has 1 nitrogen and oxygen atoms in total. The highest BCUT2D eigenvalue weighted by atomic mass is 19.3. The van der Waals surface area contributed by atoms with Gasteiger partial charge in [0.1, 0.15) is 0 Å². The minimum atomic E-state index is -2.58. The topological polar surface area (TPSA) is 17.1 Å². The highest BCUT2D eigenvalue weighted by molar-refractivity contribution is 6.59. The fourth-order valence-corrected chi connectivity index (χ4v) is 1.34. The minimum Gasteiger partial charge on any atom is -0.311 e. The second-order valence-electron chi connectivity index (χ2n) is 3.33. The zero-order valence-corrected chi connectivity index (χ0v) is 6.08. The molecule has 1 aliphatic rings. The van der Waals surface area contributed by atoms with Gasteiger partial charge in [0, 0.05) is 18.3 Å². The zero-order chi connectivity index (χ0) is 7.99. The quantitative estimate of drug-likeness (QED) is 0.494. The maximum Gasteiger partial charge on any atom is 0.250 e. The highest BCUT2D eigenvalue weighted by Crippen LogP contribution is 2.51. The third-order valence-electron chi connectivity index (χ3n) is 2.15. The van der Waals surface area contributed by atoms with Crippen LogP contribution < -0.4 is 0 Å². The minimum absolute atomic E-state index is 0.126. The molecule has 1 rings (SSSR count). The summed E-state index contributed by atoms with van der Waals surface area (Å²) in [6, 6.07) is 0. The number of halogens is 2. The largest absolute Gasteiger partial charge is 0.311 e. The van der Waals surface area contributed by atoms with Crippen LogP contribution in [0.1, 0.15) is 19.8 Å². The van der Waals surface area contributed by atoms with Crippen molar-refractivity contribution < 1.29 is 13.6 Å². The molecule has 0 aromatic rings. The summed E-state index contributed by atoms with van der Waals surface area (Å²) in [5.74, 6) is -2.58. The molecule has 0 N–H and O–H groups in total. The fraction of sp³-hybridized carbons (Fsp3) is 0.833. The molecule has 0 saturated heterocycles. The molecule has 10 heavy (non-hydrogen) atoms. The summed E-state index contributed by atoms with van der Waals surface area (Å²) in [5, 5.41) is 0. The van der Waals surface area contributed by atoms with Crippen molar-refractivity contribution in [2.75, 3.05) is 0 Å². The summed E-state index contributed by atoms with van der Waals surface area (Å²) < 4.78 is 24.5. The van der Waals surface area contributed by atoms with Gasteiger partial charge < -0.3 is 4.79 Å². The van der Waals surface area contributed by atoms with Gasteiger partial charge in [-0.2, -0.15) is 0 Å². The van der Waals surface area contributed by atoms with Crippen LogP contribution >= 0.6 is 0 Å². The van der Waals surface area contributed by atoms with Crippen molar-refractivity contribution >= 4 is 13.5 Å². The Morgan fingerprint density at radius 3 is 2.00 bits per heavy atom. The summed E-state index contributed by atoms with van der Waals surface area (Å²) in [4.78, 5) is 10.7. The monoisotopic (exact) mass is 146 g/mol. The first-order valence-corrected chi connectivity index (χ1v) is 3.25. The van der Waals surface area contributed by atoms with Crippen molar-refractivity contribution in [1.82, 2.24) is 0 Å². The summed E-state index contributed by atoms with van der Waals surface area (Å²) in [5.41, 5.74) is -0.859. The summed E-state index contributed by atoms with van der Waals surface area (Å²) in [7, 11) is 1.37. The van der Waals surface area contributed by atoms with Crippen LogP contribution in [0.15, 0.2) is 0 Å². The number of hydrogen-bond acceptors (Lipinski definition) is 1. The predicted molar refractivity (Wildman–Crippen MR) is 35.8 cm³/mol. The van der Waals surface area contributed by atoms with Gasteiger partial charge in [-0.25, -0.2) is 8.78 Å². The first kappa shape index (κ1) is 7.70. The van der Waals surface area contributed by atoms with E-state index in [1.807, 2.05) is 0 Å². The average molecular weight is 146 g/mol. The van der Waals surface area contributed by atoms with Gasteiger partial charge in [0.05, 0.1) is 5.68 Å². The SMILES string of the molecule is BC(=O)C1(C)CC(F)(F)C1. The Balaban J connectivity index is 2.58. The van der Waals surface area contributed by atoms with Crippen LogP contribution in [-0.4, -0.2) is 19.5 Å². The van der Waals surface area contributed by atoms with Crippen molar-refractivity contribution in [2.24, 2.45) is 5.41 Å². The molecule has 0 unspecified atom stereocenters. The Labute approximate surface area is 59.2 Å². The van der Waals surface area contributed by atoms with E-state index in [-0.39, 0.29) is 18.5 Å². The number of carbonyl (C=O) groups is 1. The van der Waals surface area contributed by atoms with Crippen molar-refractivity contribution in [1.29, 1.82) is 0 Å². The van der Waals surface area contributed by atoms with Crippen LogP contribution in [0.3, 0.4) is 0 Å². The van der Waals surface area contributed by atoms with Gasteiger partial charge >= 0.3 is 0 Å². The van der Waals surface area contributed by atoms with Gasteiger partial charge in [-0.05, 0) is 0 Å². The molecule has 4 heteroatoms. The molecule has 0 amide bonds. The molecule has 1 fully saturated rings. The lowest BCUT2D eigenvalue weighted by atomic mass is 9.60. The second kappa shape index (κ2) is 1.80. The van der Waals surface area contributed by atoms with Crippen LogP contribution in [0.25, 0.3) is 0 Å². The molecule has 56 valence electrons. The van der Waals surface area contributed by atoms with E-state index in [0.717, 1.165) is 0 Å². The maximum absolute atomic E-state index is 12.2. The Morgan fingerprint density at radius 1 is 1.50 bits per heavy atom. The van der Waals surface area contributed by atoms with E-state index in [4.69, 9.17) is 0 Å². The molecule has 1 saturated carbocycles. The predicted octanol–water partition coefficient (Wildman–Crippen LogP) is 0.581. The van der Waals surface area contributed by atoms with Crippen molar-refractivity contribution in [3.8, 4) is 0 Å². The first-order valence-electron chi connectivity index (χ1n) is 3.25. The van der Waals surface area contributed by atoms with Gasteiger partial charge in [-0.15, -0.1) is 0 Å². The molecular weight excluding hydrogens is 137 g/mol. The summed E-state index contributed by atoms with van der Waals surface area (Å²) in [6.07, 6.45) is -0.537. The van der Waals surface area contributed by atoms with Gasteiger partial charge in [-0.1, -0.05) is 6.92 Å². The standard InChI is InChI=1S/C6H9BF2O/c1-5(4(7)10)2-6(8,9)3-5/h2-3,7H2,1H3. The molecule has 0 aromatic heterocycles. The highest BCUT2D eigenvalue weighted by Gasteiger charge is 2.55. The Bertz CT molecular complexity index is 171. The average Bonchev–Trinajstić information content (AvgIpc) is 1.59. The van der Waals surface area contributed by atoms with E-state index in [9.17, 15) is 13.6 Å². The molecule has 0 radical (unpaired) electrons. The van der Waals surface area contributed by atoms with Crippen LogP contribution in [0.2, 0.25) is 0 Å². The van der Waals surface area contributed by atoms with Crippen molar-refractivity contribution in [2.45, 2.75) is 25.7 Å². The molecule has 0 aromatic carbocycles. The summed E-state index contributed by atoms with van der Waals surface area (Å²) in [6.45, 7) is 1.59. The fourth-order valence-electron chi connectivity index (χ4n) is 1.34. The smallest absolute Gasteiger partial charge is 0.250 e. The number of alkyl halides is 2. The Hall–Kier alpha value is -0.405. The lowest BCUT2D eigenvalue weighted by molar-refractivity contribution is -0.165. The van der Waals surface area contributed by atoms with E-state index in [1.54, 1.807) is 6.92 Å². The lowest BCUT2D eigenvalue weighted by Crippen LogP contribution is -2.49. The van der Waals surface area contributed by atoms with Crippen molar-refractivity contribution in [3.05, 3.63) is 0 Å². The van der Waals surface area contributed by atoms with Crippen LogP contribution in [0, 0.1) is 5.41 Å². The first-order chi connectivity index (χ1) is 4.36. The van der Waals surface area contributed by atoms with Crippen molar-refractivity contribution in [3.63, 3.8) is 0 Å². The Morgan fingerprint density at radius 2 is 1.90 bits per heavy atom. The van der Waals surface area contributed by atoms with E-state index >= 15 is 0 Å². The molecule has 0 bridgehead atoms. The molecular formula is C6H9BF2O. The zero-order valence-electron chi connectivity index (χ0n) is 6.08. The van der Waals surface area contributed by atoms with Crippen LogP contribution in [-0.2, 0) is 4.79 Å². The van der Waals surface area contributed by atoms with E-state index in [0.29, 0.717) is 0 Å². The third-order valence-corrected chi connectivity index (χ3v) is 2.15. The van der Waals surface area contributed by atoms with Gasteiger partial charge in [0.15, 0.2) is 7.85 Å². The lowest BCUT2D eigenvalue weighted by Gasteiger charge is -2.43. The number of carbonyl (C=O) groups excluding carboxylic acids is 1. The van der Waals surface area contributed by atoms with Crippen LogP contribution in [0.4, 0.5) is 8.78 Å². The van der Waals surface area contributed by atoms with Gasteiger partial charge in [0.2, 0.25) is 5.92 Å². The normalized spacial score (nSPS) is 27.1. The van der Waals surface area contributed by atoms with Gasteiger partial charge in [0.25, 0.3) is 0 Å². The van der Waals surface area contributed by atoms with Gasteiger partial charge in [-0.3, -0.25) is 0 Å². The van der Waals surface area contributed by atoms with E-state index < -0.39 is 11.3 Å². The molecule has 0 aliphatic heterocycles. The third kappa shape index (κ3) is 1.07. The maximum atomic E-state index is 12.2. The molecule has 0 heterocycles. The number of hydrogen-bond donors (Lipinski definition) is 0. The molecule has 0 atom stereocenters. The Kier molecular flexibility index (Phi) is 1.39. The number of rotatable bonds is 1. The molecule has 1 aliphatic carbocycles. The molecule has 0 spiro atoms. The second-order valence-corrected chi connectivity index (χ2v) is 3.33. The van der Waals surface area contributed by atoms with E-state index in [1.165, 1.54) is 7.85 Å². The summed E-state index contributed by atoms with van der Waals surface area (Å²) >= 11 is 0. The van der Waals surface area contributed by atoms with E-state index in [2.05, 4.69) is 0 Å². The van der Waals surface area contributed by atoms with Crippen LogP contribution in [0.5, 0.6) is 0 Å².